The highest BCUT2D eigenvalue weighted by Gasteiger charge is 2.37. The van der Waals surface area contributed by atoms with E-state index in [9.17, 15) is 4.79 Å². The van der Waals surface area contributed by atoms with Gasteiger partial charge in [-0.3, -0.25) is 4.79 Å². The Morgan fingerprint density at radius 1 is 1.29 bits per heavy atom. The largest absolute Gasteiger partial charge is 0.469 e. The lowest BCUT2D eigenvalue weighted by molar-refractivity contribution is -0.136. The van der Waals surface area contributed by atoms with Gasteiger partial charge in [0.25, 0.3) is 5.91 Å². The molecule has 3 rings (SSSR count). The van der Waals surface area contributed by atoms with Gasteiger partial charge in [0.15, 0.2) is 6.23 Å². The molecule has 1 amide bonds. The van der Waals surface area contributed by atoms with Gasteiger partial charge in [-0.2, -0.15) is 0 Å². The Morgan fingerprint density at radius 3 is 2.82 bits per heavy atom. The molecule has 17 heavy (non-hydrogen) atoms. The Hall–Kier alpha value is -1.77. The summed E-state index contributed by atoms with van der Waals surface area (Å²) < 4.78 is 5.96. The summed E-state index contributed by atoms with van der Waals surface area (Å²) in [5, 5.41) is 0. The molecular weight excluding hydrogens is 214 g/mol. The average molecular weight is 229 g/mol. The zero-order valence-corrected chi connectivity index (χ0v) is 9.85. The lowest BCUT2D eigenvalue weighted by Crippen LogP contribution is -2.41. The molecular formula is C14H15NO2. The summed E-state index contributed by atoms with van der Waals surface area (Å²) in [4.78, 5) is 14.0. The summed E-state index contributed by atoms with van der Waals surface area (Å²) in [7, 11) is 0. The van der Waals surface area contributed by atoms with Crippen molar-refractivity contribution in [1.82, 2.24) is 4.90 Å². The fraction of sp³-hybridized carbons (Fsp3) is 0.357. The Labute approximate surface area is 101 Å². The van der Waals surface area contributed by atoms with E-state index in [0.717, 1.165) is 30.7 Å². The Kier molecular flexibility index (Phi) is 2.39. The highest BCUT2D eigenvalue weighted by molar-refractivity contribution is 6.00. The lowest BCUT2D eigenvalue weighted by atomic mass is 10.1. The van der Waals surface area contributed by atoms with Crippen LogP contribution in [0.4, 0.5) is 0 Å². The lowest BCUT2D eigenvalue weighted by Gasteiger charge is -2.32. The van der Waals surface area contributed by atoms with Crippen LogP contribution in [-0.2, 0) is 9.53 Å². The molecule has 2 heterocycles. The molecule has 1 aromatic carbocycles. The van der Waals surface area contributed by atoms with E-state index in [0.29, 0.717) is 5.57 Å². The summed E-state index contributed by atoms with van der Waals surface area (Å²) in [5.41, 5.74) is 1.71. The first-order chi connectivity index (χ1) is 8.27. The first kappa shape index (κ1) is 10.4. The number of carbonyl (C=O) groups is 1. The summed E-state index contributed by atoms with van der Waals surface area (Å²) in [6.45, 7) is 2.67. The second kappa shape index (κ2) is 3.91. The highest BCUT2D eigenvalue weighted by atomic mass is 16.5. The molecule has 1 unspecified atom stereocenters. The number of hydrogen-bond acceptors (Lipinski definition) is 2. The van der Waals surface area contributed by atoms with Crippen LogP contribution >= 0.6 is 0 Å². The van der Waals surface area contributed by atoms with E-state index in [1.54, 1.807) is 0 Å². The third kappa shape index (κ3) is 1.62. The van der Waals surface area contributed by atoms with Gasteiger partial charge in [-0.15, -0.1) is 0 Å². The van der Waals surface area contributed by atoms with Crippen molar-refractivity contribution in [2.24, 2.45) is 0 Å². The second-order valence-electron chi connectivity index (χ2n) is 4.53. The van der Waals surface area contributed by atoms with E-state index in [1.807, 2.05) is 42.2 Å². The van der Waals surface area contributed by atoms with Gasteiger partial charge in [0.05, 0.1) is 5.57 Å². The van der Waals surface area contributed by atoms with Crippen LogP contribution in [0.1, 0.15) is 25.3 Å². The minimum absolute atomic E-state index is 0.0543. The van der Waals surface area contributed by atoms with E-state index >= 15 is 0 Å². The van der Waals surface area contributed by atoms with Gasteiger partial charge in [-0.25, -0.2) is 0 Å². The average Bonchev–Trinajstić information content (AvgIpc) is 2.83. The number of carbonyl (C=O) groups excluding carboxylic acids is 1. The van der Waals surface area contributed by atoms with E-state index in [4.69, 9.17) is 4.74 Å². The Balaban J connectivity index is 2.02. The monoisotopic (exact) mass is 229 g/mol. The molecule has 0 spiro atoms. The van der Waals surface area contributed by atoms with Crippen molar-refractivity contribution in [3.63, 3.8) is 0 Å². The highest BCUT2D eigenvalue weighted by Crippen LogP contribution is 2.33. The molecule has 3 heteroatoms. The zero-order chi connectivity index (χ0) is 11.8. The van der Waals surface area contributed by atoms with Crippen molar-refractivity contribution in [2.45, 2.75) is 26.0 Å². The topological polar surface area (TPSA) is 29.5 Å². The quantitative estimate of drug-likeness (QED) is 0.740. The Bertz CT molecular complexity index is 478. The van der Waals surface area contributed by atoms with Crippen LogP contribution in [0, 0.1) is 0 Å². The number of amides is 1. The number of fused-ring (bicyclic) bond motifs is 1. The van der Waals surface area contributed by atoms with Gasteiger partial charge >= 0.3 is 0 Å². The molecule has 0 radical (unpaired) electrons. The second-order valence-corrected chi connectivity index (χ2v) is 4.53. The third-order valence-electron chi connectivity index (χ3n) is 3.41. The first-order valence-electron chi connectivity index (χ1n) is 6.01. The van der Waals surface area contributed by atoms with Crippen LogP contribution in [0.25, 0.3) is 5.76 Å². The third-order valence-corrected chi connectivity index (χ3v) is 3.41. The summed E-state index contributed by atoms with van der Waals surface area (Å²) in [6.07, 6.45) is 1.92. The standard InChI is InChI=1S/C14H15NO2/c1-10-13(11-6-3-2-4-7-11)17-12-8-5-9-15(12)14(10)16/h2-4,6-7,12H,5,8-9H2,1H3. The van der Waals surface area contributed by atoms with Gasteiger partial charge in [0.2, 0.25) is 0 Å². The molecule has 3 nitrogen and oxygen atoms in total. The van der Waals surface area contributed by atoms with Crippen molar-refractivity contribution >= 4 is 11.7 Å². The van der Waals surface area contributed by atoms with Gasteiger partial charge in [-0.05, 0) is 13.3 Å². The fourth-order valence-corrected chi connectivity index (χ4v) is 2.50. The number of rotatable bonds is 1. The number of nitrogens with zero attached hydrogens (tertiary/aromatic N) is 1. The van der Waals surface area contributed by atoms with E-state index in [1.165, 1.54) is 0 Å². The van der Waals surface area contributed by atoms with Crippen LogP contribution < -0.4 is 0 Å². The molecule has 0 aromatic heterocycles. The van der Waals surface area contributed by atoms with Gasteiger partial charge in [0, 0.05) is 18.5 Å². The minimum atomic E-state index is -0.0543. The van der Waals surface area contributed by atoms with Crippen LogP contribution in [0.3, 0.4) is 0 Å². The van der Waals surface area contributed by atoms with Crippen LogP contribution in [0.5, 0.6) is 0 Å². The molecule has 2 aliphatic rings. The summed E-state index contributed by atoms with van der Waals surface area (Å²) >= 11 is 0. The van der Waals surface area contributed by atoms with Gasteiger partial charge in [-0.1, -0.05) is 30.3 Å². The molecule has 1 atom stereocenters. The van der Waals surface area contributed by atoms with Crippen LogP contribution in [0.15, 0.2) is 35.9 Å². The zero-order valence-electron chi connectivity index (χ0n) is 9.85. The van der Waals surface area contributed by atoms with Gasteiger partial charge in [0.1, 0.15) is 5.76 Å². The predicted molar refractivity (Wildman–Crippen MR) is 64.9 cm³/mol. The molecule has 88 valence electrons. The van der Waals surface area contributed by atoms with Crippen molar-refractivity contribution in [3.8, 4) is 0 Å². The van der Waals surface area contributed by atoms with E-state index in [2.05, 4.69) is 0 Å². The predicted octanol–water partition coefficient (Wildman–Crippen LogP) is 2.40. The molecule has 1 fully saturated rings. The summed E-state index contributed by atoms with van der Waals surface area (Å²) in [5.74, 6) is 0.872. The maximum Gasteiger partial charge on any atom is 0.256 e. The Morgan fingerprint density at radius 2 is 2.06 bits per heavy atom. The minimum Gasteiger partial charge on any atom is -0.469 e. The SMILES string of the molecule is CC1=C(c2ccccc2)OC2CCCN2C1=O. The summed E-state index contributed by atoms with van der Waals surface area (Å²) in [6, 6.07) is 9.86. The van der Waals surface area contributed by atoms with Crippen molar-refractivity contribution in [3.05, 3.63) is 41.5 Å². The van der Waals surface area contributed by atoms with Crippen LogP contribution in [-0.4, -0.2) is 23.6 Å². The molecule has 0 saturated carbocycles. The first-order valence-corrected chi connectivity index (χ1v) is 6.01. The molecule has 0 aliphatic carbocycles. The molecule has 1 aromatic rings. The normalized spacial score (nSPS) is 23.7. The number of benzene rings is 1. The van der Waals surface area contributed by atoms with Crippen molar-refractivity contribution in [2.75, 3.05) is 6.54 Å². The maximum atomic E-state index is 12.2. The van der Waals surface area contributed by atoms with Gasteiger partial charge < -0.3 is 9.64 Å². The molecule has 1 saturated heterocycles. The smallest absolute Gasteiger partial charge is 0.256 e. The molecule has 0 bridgehead atoms. The van der Waals surface area contributed by atoms with Crippen LogP contribution in [0.2, 0.25) is 0 Å². The van der Waals surface area contributed by atoms with E-state index in [-0.39, 0.29) is 12.1 Å². The van der Waals surface area contributed by atoms with Crippen molar-refractivity contribution in [1.29, 1.82) is 0 Å². The maximum absolute atomic E-state index is 12.2. The fourth-order valence-electron chi connectivity index (χ4n) is 2.50. The molecule has 2 aliphatic heterocycles. The van der Waals surface area contributed by atoms with Crippen molar-refractivity contribution < 1.29 is 9.53 Å². The number of hydrogen-bond donors (Lipinski definition) is 0. The number of ether oxygens (including phenoxy) is 1. The molecule has 0 N–H and O–H groups in total. The van der Waals surface area contributed by atoms with E-state index < -0.39 is 0 Å².